The van der Waals surface area contributed by atoms with Crippen molar-refractivity contribution in [2.75, 3.05) is 11.9 Å². The monoisotopic (exact) mass is 515 g/mol. The minimum absolute atomic E-state index is 0.127. The molecule has 0 saturated carbocycles. The van der Waals surface area contributed by atoms with E-state index in [0.717, 1.165) is 36.8 Å². The first-order valence-electron chi connectivity index (χ1n) is 7.30. The van der Waals surface area contributed by atoms with Crippen LogP contribution in [0.4, 0.5) is 5.69 Å². The summed E-state index contributed by atoms with van der Waals surface area (Å²) in [6.07, 6.45) is 0.739. The second kappa shape index (κ2) is 9.34. The Labute approximate surface area is 166 Å². The first-order chi connectivity index (χ1) is 11.5. The molecule has 2 aromatic rings. The zero-order chi connectivity index (χ0) is 17.5. The Bertz CT molecular complexity index is 748. The molecule has 0 fully saturated rings. The Hall–Kier alpha value is -1.18. The highest BCUT2D eigenvalue weighted by atomic mass is 79.9. The van der Waals surface area contributed by atoms with E-state index in [1.54, 1.807) is 0 Å². The molecule has 24 heavy (non-hydrogen) atoms. The van der Waals surface area contributed by atoms with E-state index in [2.05, 4.69) is 63.6 Å². The zero-order valence-corrected chi connectivity index (χ0v) is 17.7. The fraction of sp³-hybridized carbons (Fsp3) is 0.176. The second-order valence-electron chi connectivity index (χ2n) is 4.91. The third-order valence-electron chi connectivity index (χ3n) is 3.21. The largest absolute Gasteiger partial charge is 0.375 e. The predicted octanol–water partition coefficient (Wildman–Crippen LogP) is 5.32. The normalized spacial score (nSPS) is 11.2. The van der Waals surface area contributed by atoms with Gasteiger partial charge in [-0.2, -0.15) is 5.10 Å². The fourth-order valence-corrected chi connectivity index (χ4v) is 3.46. The van der Waals surface area contributed by atoms with Crippen LogP contribution in [0.25, 0.3) is 0 Å². The second-order valence-corrected chi connectivity index (χ2v) is 7.48. The van der Waals surface area contributed by atoms with Crippen molar-refractivity contribution < 1.29 is 4.79 Å². The lowest BCUT2D eigenvalue weighted by atomic mass is 10.1. The maximum atomic E-state index is 12.0. The average Bonchev–Trinajstić information content (AvgIpc) is 2.58. The van der Waals surface area contributed by atoms with Crippen molar-refractivity contribution in [2.24, 2.45) is 5.10 Å². The summed E-state index contributed by atoms with van der Waals surface area (Å²) in [6.45, 7) is 2.13. The molecular weight excluding hydrogens is 502 g/mol. The van der Waals surface area contributed by atoms with Gasteiger partial charge >= 0.3 is 0 Å². The lowest BCUT2D eigenvalue weighted by molar-refractivity contribution is -0.119. The third-order valence-corrected chi connectivity index (χ3v) is 5.71. The zero-order valence-electron chi connectivity index (χ0n) is 12.9. The van der Waals surface area contributed by atoms with E-state index in [0.29, 0.717) is 0 Å². The molecule has 1 amide bonds. The van der Waals surface area contributed by atoms with Crippen molar-refractivity contribution in [2.45, 2.75) is 13.3 Å². The number of carbonyl (C=O) groups is 1. The number of carbonyl (C=O) groups excluding carboxylic acids is 1. The molecule has 0 unspecified atom stereocenters. The van der Waals surface area contributed by atoms with Gasteiger partial charge in [-0.25, -0.2) is 5.43 Å². The number of nitrogens with zero attached hydrogens (tertiary/aromatic N) is 1. The smallest absolute Gasteiger partial charge is 0.259 e. The highest BCUT2D eigenvalue weighted by Crippen LogP contribution is 2.32. The van der Waals surface area contributed by atoms with Crippen molar-refractivity contribution in [1.29, 1.82) is 0 Å². The van der Waals surface area contributed by atoms with Crippen LogP contribution < -0.4 is 10.7 Å². The molecule has 0 aliphatic heterocycles. The summed E-state index contributed by atoms with van der Waals surface area (Å²) >= 11 is 10.3. The van der Waals surface area contributed by atoms with Gasteiger partial charge in [-0.05, 0) is 71.9 Å². The first-order valence-corrected chi connectivity index (χ1v) is 9.68. The number of hydrazone groups is 1. The van der Waals surface area contributed by atoms with Crippen LogP contribution in [-0.2, 0) is 4.79 Å². The van der Waals surface area contributed by atoms with Gasteiger partial charge in [-0.3, -0.25) is 4.79 Å². The Morgan fingerprint density at radius 2 is 1.71 bits per heavy atom. The molecule has 0 bridgehead atoms. The van der Waals surface area contributed by atoms with E-state index in [1.165, 1.54) is 0 Å². The summed E-state index contributed by atoms with van der Waals surface area (Å²) in [7, 11) is 0. The van der Waals surface area contributed by atoms with Crippen LogP contribution in [0.15, 0.2) is 61.0 Å². The number of halogens is 3. The Morgan fingerprint density at radius 1 is 1.04 bits per heavy atom. The number of benzene rings is 2. The van der Waals surface area contributed by atoms with Crippen LogP contribution in [0.2, 0.25) is 0 Å². The van der Waals surface area contributed by atoms with Crippen LogP contribution in [0.1, 0.15) is 18.9 Å². The van der Waals surface area contributed by atoms with Gasteiger partial charge in [-0.15, -0.1) is 0 Å². The maximum absolute atomic E-state index is 12.0. The number of rotatable bonds is 6. The topological polar surface area (TPSA) is 53.5 Å². The van der Waals surface area contributed by atoms with Crippen molar-refractivity contribution in [3.05, 3.63) is 61.4 Å². The van der Waals surface area contributed by atoms with Gasteiger partial charge in [0.1, 0.15) is 0 Å². The van der Waals surface area contributed by atoms with E-state index in [1.807, 2.05) is 49.4 Å². The highest BCUT2D eigenvalue weighted by Gasteiger charge is 2.07. The Morgan fingerprint density at radius 3 is 2.38 bits per heavy atom. The molecule has 0 radical (unpaired) electrons. The van der Waals surface area contributed by atoms with Gasteiger partial charge in [0, 0.05) is 13.4 Å². The molecular formula is C17H16Br3N3O. The van der Waals surface area contributed by atoms with Gasteiger partial charge in [-0.1, -0.05) is 37.3 Å². The quantitative estimate of drug-likeness (QED) is 0.310. The van der Waals surface area contributed by atoms with Crippen LogP contribution in [0.3, 0.4) is 0 Å². The lowest BCUT2D eigenvalue weighted by Crippen LogP contribution is -2.27. The molecule has 126 valence electrons. The molecule has 0 aromatic heterocycles. The molecule has 0 aliphatic rings. The predicted molar refractivity (Wildman–Crippen MR) is 109 cm³/mol. The van der Waals surface area contributed by atoms with Gasteiger partial charge < -0.3 is 5.32 Å². The molecule has 0 aliphatic carbocycles. The van der Waals surface area contributed by atoms with Crippen molar-refractivity contribution in [1.82, 2.24) is 5.43 Å². The number of nitrogens with one attached hydrogen (secondary N) is 2. The van der Waals surface area contributed by atoms with Gasteiger partial charge in [0.25, 0.3) is 5.91 Å². The van der Waals surface area contributed by atoms with E-state index < -0.39 is 0 Å². The molecule has 0 spiro atoms. The molecule has 2 aromatic carbocycles. The molecule has 7 heteroatoms. The molecule has 0 heterocycles. The van der Waals surface area contributed by atoms with Gasteiger partial charge in [0.15, 0.2) is 0 Å². The standard InChI is InChI=1S/C17H16Br3N3O/c1-2-15(11-6-4-3-5-7-11)22-23-17(24)10-21-16-9-13(19)12(18)8-14(16)20/h3-9,21H,2,10H2,1H3,(H,23,24). The minimum Gasteiger partial charge on any atom is -0.375 e. The van der Waals surface area contributed by atoms with Crippen molar-refractivity contribution in [3.63, 3.8) is 0 Å². The van der Waals surface area contributed by atoms with Crippen LogP contribution in [0.5, 0.6) is 0 Å². The van der Waals surface area contributed by atoms with E-state index in [-0.39, 0.29) is 12.5 Å². The SMILES string of the molecule is CCC(=NNC(=O)CNc1cc(Br)c(Br)cc1Br)c1ccccc1. The fourth-order valence-electron chi connectivity index (χ4n) is 1.98. The summed E-state index contributed by atoms with van der Waals surface area (Å²) in [4.78, 5) is 12.0. The highest BCUT2D eigenvalue weighted by molar-refractivity contribution is 9.13. The number of amides is 1. The third kappa shape index (κ3) is 5.43. The maximum Gasteiger partial charge on any atom is 0.259 e. The summed E-state index contributed by atoms with van der Waals surface area (Å²) in [6, 6.07) is 13.6. The number of hydrogen-bond acceptors (Lipinski definition) is 3. The summed E-state index contributed by atoms with van der Waals surface area (Å²) < 4.78 is 2.71. The van der Waals surface area contributed by atoms with E-state index >= 15 is 0 Å². The van der Waals surface area contributed by atoms with Crippen molar-refractivity contribution in [3.8, 4) is 0 Å². The van der Waals surface area contributed by atoms with E-state index in [9.17, 15) is 4.79 Å². The Balaban J connectivity index is 1.96. The van der Waals surface area contributed by atoms with Crippen molar-refractivity contribution >= 4 is 65.1 Å². The van der Waals surface area contributed by atoms with E-state index in [4.69, 9.17) is 0 Å². The molecule has 2 N–H and O–H groups in total. The molecule has 0 atom stereocenters. The van der Waals surface area contributed by atoms with Gasteiger partial charge in [0.05, 0.1) is 17.9 Å². The number of anilines is 1. The minimum atomic E-state index is -0.206. The molecule has 0 saturated heterocycles. The first kappa shape index (κ1) is 19.1. The Kier molecular flexibility index (Phi) is 7.45. The molecule has 2 rings (SSSR count). The van der Waals surface area contributed by atoms with Crippen LogP contribution in [0, 0.1) is 0 Å². The van der Waals surface area contributed by atoms with Gasteiger partial charge in [0.2, 0.25) is 0 Å². The lowest BCUT2D eigenvalue weighted by Gasteiger charge is -2.10. The van der Waals surface area contributed by atoms with Crippen LogP contribution >= 0.6 is 47.8 Å². The summed E-state index contributed by atoms with van der Waals surface area (Å²) in [5.41, 5.74) is 5.27. The molecule has 4 nitrogen and oxygen atoms in total. The summed E-state index contributed by atoms with van der Waals surface area (Å²) in [5.74, 6) is -0.206. The number of hydrogen-bond donors (Lipinski definition) is 2. The van der Waals surface area contributed by atoms with Crippen LogP contribution in [-0.4, -0.2) is 18.2 Å². The summed E-state index contributed by atoms with van der Waals surface area (Å²) in [5, 5.41) is 7.31. The average molecular weight is 518 g/mol.